The first-order valence-corrected chi connectivity index (χ1v) is 8.75. The Hall–Kier alpha value is -2.53. The van der Waals surface area contributed by atoms with Crippen LogP contribution in [-0.2, 0) is 5.92 Å². The molecule has 1 saturated heterocycles. The predicted octanol–water partition coefficient (Wildman–Crippen LogP) is 3.12. The van der Waals surface area contributed by atoms with E-state index in [0.29, 0.717) is 49.7 Å². The Morgan fingerprint density at radius 3 is 2.62 bits per heavy atom. The molecule has 1 fully saturated rings. The second-order valence-corrected chi connectivity index (χ2v) is 6.74. The number of H-pyrrole nitrogens is 1. The minimum Gasteiger partial charge on any atom is -0.367 e. The first-order chi connectivity index (χ1) is 13.4. The van der Waals surface area contributed by atoms with E-state index < -0.39 is 29.8 Å². The van der Waals surface area contributed by atoms with E-state index in [9.17, 15) is 17.6 Å². The summed E-state index contributed by atoms with van der Waals surface area (Å²) in [6, 6.07) is 0.476. The highest BCUT2D eigenvalue weighted by molar-refractivity contribution is 5.85. The van der Waals surface area contributed by atoms with E-state index >= 15 is 0 Å². The summed E-state index contributed by atoms with van der Waals surface area (Å²) in [5.74, 6) is -5.19. The first-order valence-electron chi connectivity index (χ1n) is 8.75. The number of hydrogen-bond acceptors (Lipinski definition) is 6. The summed E-state index contributed by atoms with van der Waals surface area (Å²) in [5, 5.41) is 10.8. The van der Waals surface area contributed by atoms with Gasteiger partial charge in [-0.25, -0.2) is 23.7 Å². The standard InChI is InChI=1S/C17H17F4N7.ClH/c18-10-5-13(19)14(22-6-10)17(20,21)8-28-3-1-11(2-4-28)26-15-12-7-25-27-16(12)24-9-23-15;/h5-7,9,11H,1-4,8H2,(H2,23,24,25,26,27);1H. The quantitative estimate of drug-likeness (QED) is 0.604. The second-order valence-electron chi connectivity index (χ2n) is 6.74. The van der Waals surface area contributed by atoms with Gasteiger partial charge in [0.1, 0.15) is 23.7 Å². The van der Waals surface area contributed by atoms with Crippen LogP contribution in [0.4, 0.5) is 23.4 Å². The van der Waals surface area contributed by atoms with E-state index in [4.69, 9.17) is 0 Å². The Kier molecular flexibility index (Phi) is 6.18. The molecule has 7 nitrogen and oxygen atoms in total. The van der Waals surface area contributed by atoms with Gasteiger partial charge in [-0.2, -0.15) is 13.9 Å². The summed E-state index contributed by atoms with van der Waals surface area (Å²) in [5.41, 5.74) is -0.416. The molecule has 3 aromatic heterocycles. The molecule has 29 heavy (non-hydrogen) atoms. The Morgan fingerprint density at radius 2 is 1.90 bits per heavy atom. The summed E-state index contributed by atoms with van der Waals surface area (Å²) >= 11 is 0. The average Bonchev–Trinajstić information content (AvgIpc) is 3.12. The number of fused-ring (bicyclic) bond motifs is 1. The SMILES string of the molecule is Cl.Fc1cnc(C(F)(F)CN2CCC(Nc3ncnc4[nH]ncc34)CC2)c(F)c1. The van der Waals surface area contributed by atoms with Crippen molar-refractivity contribution in [3.8, 4) is 0 Å². The molecule has 156 valence electrons. The smallest absolute Gasteiger partial charge is 0.304 e. The number of nitrogens with zero attached hydrogens (tertiary/aromatic N) is 5. The van der Waals surface area contributed by atoms with Crippen molar-refractivity contribution in [1.82, 2.24) is 30.0 Å². The van der Waals surface area contributed by atoms with Crippen LogP contribution in [0.25, 0.3) is 11.0 Å². The van der Waals surface area contributed by atoms with Crippen LogP contribution in [0, 0.1) is 11.6 Å². The van der Waals surface area contributed by atoms with E-state index in [1.807, 2.05) is 0 Å². The zero-order chi connectivity index (χ0) is 19.7. The summed E-state index contributed by atoms with van der Waals surface area (Å²) in [7, 11) is 0. The molecule has 0 spiro atoms. The third-order valence-electron chi connectivity index (χ3n) is 4.75. The molecule has 0 amide bonds. The lowest BCUT2D eigenvalue weighted by Gasteiger charge is -2.34. The van der Waals surface area contributed by atoms with Crippen molar-refractivity contribution in [2.45, 2.75) is 24.8 Å². The van der Waals surface area contributed by atoms with Crippen LogP contribution < -0.4 is 5.32 Å². The monoisotopic (exact) mass is 431 g/mol. The molecule has 4 rings (SSSR count). The van der Waals surface area contributed by atoms with Gasteiger partial charge in [0, 0.05) is 25.2 Å². The maximum atomic E-state index is 14.4. The number of pyridine rings is 1. The summed E-state index contributed by atoms with van der Waals surface area (Å²) in [4.78, 5) is 13.1. The van der Waals surface area contributed by atoms with Crippen molar-refractivity contribution in [2.24, 2.45) is 0 Å². The normalized spacial score (nSPS) is 16.0. The maximum absolute atomic E-state index is 14.4. The zero-order valence-electron chi connectivity index (χ0n) is 15.1. The molecule has 0 aliphatic carbocycles. The summed E-state index contributed by atoms with van der Waals surface area (Å²) in [6.45, 7) is 0.125. The van der Waals surface area contributed by atoms with Gasteiger partial charge >= 0.3 is 5.92 Å². The molecule has 3 aromatic rings. The van der Waals surface area contributed by atoms with Crippen molar-refractivity contribution in [1.29, 1.82) is 0 Å². The van der Waals surface area contributed by atoms with Crippen LogP contribution in [0.2, 0.25) is 0 Å². The predicted molar refractivity (Wildman–Crippen MR) is 100 cm³/mol. The maximum Gasteiger partial charge on any atom is 0.304 e. The zero-order valence-corrected chi connectivity index (χ0v) is 15.9. The van der Waals surface area contributed by atoms with E-state index in [0.717, 1.165) is 5.39 Å². The number of aromatic nitrogens is 5. The lowest BCUT2D eigenvalue weighted by Crippen LogP contribution is -2.44. The topological polar surface area (TPSA) is 82.6 Å². The third-order valence-corrected chi connectivity index (χ3v) is 4.75. The first kappa shape index (κ1) is 21.2. The fraction of sp³-hybridized carbons (Fsp3) is 0.412. The van der Waals surface area contributed by atoms with E-state index in [1.165, 1.54) is 6.33 Å². The molecule has 0 unspecified atom stereocenters. The van der Waals surface area contributed by atoms with Crippen LogP contribution in [-0.4, -0.2) is 55.7 Å². The molecule has 4 heterocycles. The highest BCUT2D eigenvalue weighted by Gasteiger charge is 2.39. The van der Waals surface area contributed by atoms with Crippen LogP contribution in [0.15, 0.2) is 24.8 Å². The van der Waals surface area contributed by atoms with Gasteiger partial charge in [0.2, 0.25) is 0 Å². The van der Waals surface area contributed by atoms with E-state index in [2.05, 4.69) is 30.5 Å². The molecular formula is C17H18ClF4N7. The molecule has 1 aliphatic heterocycles. The van der Waals surface area contributed by atoms with Crippen molar-refractivity contribution < 1.29 is 17.6 Å². The van der Waals surface area contributed by atoms with Crippen molar-refractivity contribution in [3.05, 3.63) is 42.1 Å². The average molecular weight is 432 g/mol. The molecule has 0 aromatic carbocycles. The van der Waals surface area contributed by atoms with Crippen LogP contribution in [0.1, 0.15) is 18.5 Å². The lowest BCUT2D eigenvalue weighted by atomic mass is 10.0. The molecule has 1 aliphatic rings. The highest BCUT2D eigenvalue weighted by Crippen LogP contribution is 2.31. The second kappa shape index (κ2) is 8.46. The van der Waals surface area contributed by atoms with Crippen molar-refractivity contribution in [3.63, 3.8) is 0 Å². The Labute approximate surface area is 169 Å². The number of likely N-dealkylation sites (tertiary alicyclic amines) is 1. The third kappa shape index (κ3) is 4.56. The molecule has 12 heteroatoms. The van der Waals surface area contributed by atoms with Gasteiger partial charge in [0.05, 0.1) is 24.3 Å². The number of hydrogen-bond donors (Lipinski definition) is 2. The Bertz CT molecular complexity index is 975. The van der Waals surface area contributed by atoms with Gasteiger partial charge in [-0.15, -0.1) is 12.4 Å². The Morgan fingerprint density at radius 1 is 1.14 bits per heavy atom. The lowest BCUT2D eigenvalue weighted by molar-refractivity contribution is -0.0487. The van der Waals surface area contributed by atoms with E-state index in [1.54, 1.807) is 11.1 Å². The molecular weight excluding hydrogens is 414 g/mol. The summed E-state index contributed by atoms with van der Waals surface area (Å²) < 4.78 is 55.4. The number of nitrogens with one attached hydrogen (secondary N) is 2. The number of alkyl halides is 2. The Balaban J connectivity index is 0.00000240. The number of rotatable bonds is 5. The molecule has 0 bridgehead atoms. The number of halogens is 5. The van der Waals surface area contributed by atoms with E-state index in [-0.39, 0.29) is 18.4 Å². The fourth-order valence-electron chi connectivity index (χ4n) is 3.35. The fourth-order valence-corrected chi connectivity index (χ4v) is 3.35. The van der Waals surface area contributed by atoms with Gasteiger partial charge in [-0.1, -0.05) is 0 Å². The molecule has 2 N–H and O–H groups in total. The van der Waals surface area contributed by atoms with Gasteiger partial charge in [-0.3, -0.25) is 10.00 Å². The number of anilines is 1. The van der Waals surface area contributed by atoms with Crippen LogP contribution in [0.3, 0.4) is 0 Å². The van der Waals surface area contributed by atoms with Crippen molar-refractivity contribution >= 4 is 29.3 Å². The molecule has 0 radical (unpaired) electrons. The minimum atomic E-state index is -3.51. The largest absolute Gasteiger partial charge is 0.367 e. The number of aromatic amines is 1. The molecule has 0 saturated carbocycles. The highest BCUT2D eigenvalue weighted by atomic mass is 35.5. The van der Waals surface area contributed by atoms with Gasteiger partial charge in [-0.05, 0) is 12.8 Å². The summed E-state index contributed by atoms with van der Waals surface area (Å²) in [6.07, 6.45) is 4.86. The van der Waals surface area contributed by atoms with Gasteiger partial charge < -0.3 is 5.32 Å². The van der Waals surface area contributed by atoms with Crippen LogP contribution in [0.5, 0.6) is 0 Å². The molecule has 0 atom stereocenters. The number of piperidine rings is 1. The van der Waals surface area contributed by atoms with Crippen molar-refractivity contribution in [2.75, 3.05) is 25.0 Å². The minimum absolute atomic E-state index is 0. The van der Waals surface area contributed by atoms with Gasteiger partial charge in [0.15, 0.2) is 11.5 Å². The van der Waals surface area contributed by atoms with Gasteiger partial charge in [0.25, 0.3) is 0 Å². The van der Waals surface area contributed by atoms with Crippen LogP contribution >= 0.6 is 12.4 Å².